The van der Waals surface area contributed by atoms with Crippen molar-refractivity contribution in [2.45, 2.75) is 0 Å². The number of benzene rings is 3. The molecule has 0 radical (unpaired) electrons. The molecule has 0 aliphatic heterocycles. The first-order chi connectivity index (χ1) is 14.1. The summed E-state index contributed by atoms with van der Waals surface area (Å²) in [6.45, 7) is 0. The molecule has 0 unspecified atom stereocenters. The van der Waals surface area contributed by atoms with E-state index in [1.165, 1.54) is 13.3 Å². The molecule has 0 aliphatic carbocycles. The van der Waals surface area contributed by atoms with E-state index in [2.05, 4.69) is 0 Å². The summed E-state index contributed by atoms with van der Waals surface area (Å²) in [6.07, 6.45) is 1.51. The summed E-state index contributed by atoms with van der Waals surface area (Å²) in [7, 11) is 1.27. The molecule has 0 fully saturated rings. The molecule has 0 aliphatic rings. The van der Waals surface area contributed by atoms with Crippen LogP contribution in [0.5, 0.6) is 11.5 Å². The van der Waals surface area contributed by atoms with E-state index < -0.39 is 5.97 Å². The lowest BCUT2D eigenvalue weighted by Crippen LogP contribution is -2.11. The number of carbonyl (C=O) groups is 1. The van der Waals surface area contributed by atoms with Crippen LogP contribution in [0.2, 0.25) is 0 Å². The zero-order chi connectivity index (χ0) is 20.4. The van der Waals surface area contributed by atoms with Crippen molar-refractivity contribution in [1.82, 2.24) is 4.57 Å². The molecule has 6 heteroatoms. The predicted octanol–water partition coefficient (Wildman–Crippen LogP) is 4.66. The molecule has 0 saturated carbocycles. The highest BCUT2D eigenvalue weighted by Gasteiger charge is 2.21. The van der Waals surface area contributed by atoms with Gasteiger partial charge in [-0.2, -0.15) is 5.26 Å². The summed E-state index contributed by atoms with van der Waals surface area (Å²) < 4.78 is 12.3. The molecule has 0 saturated heterocycles. The summed E-state index contributed by atoms with van der Waals surface area (Å²) in [5.74, 6) is 0.758. The van der Waals surface area contributed by atoms with Crippen LogP contribution in [0, 0.1) is 11.3 Å². The van der Waals surface area contributed by atoms with Gasteiger partial charge in [0.25, 0.3) is 0 Å². The third-order valence-corrected chi connectivity index (χ3v) is 4.62. The van der Waals surface area contributed by atoms with Crippen LogP contribution in [-0.2, 0) is 4.74 Å². The molecule has 6 nitrogen and oxygen atoms in total. The number of ether oxygens (including phenoxy) is 2. The number of nitrogens with zero attached hydrogens (tertiary/aromatic N) is 2. The molecule has 4 aromatic rings. The van der Waals surface area contributed by atoms with Crippen molar-refractivity contribution in [3.05, 3.63) is 84.2 Å². The second-order valence-electron chi connectivity index (χ2n) is 6.38. The number of hydrogen-bond acceptors (Lipinski definition) is 5. The van der Waals surface area contributed by atoms with Crippen molar-refractivity contribution < 1.29 is 14.3 Å². The Bertz CT molecular complexity index is 1250. The number of nitrogen functional groups attached to an aromatic ring is 1. The van der Waals surface area contributed by atoms with Crippen molar-refractivity contribution in [3.63, 3.8) is 0 Å². The number of fused-ring (bicyclic) bond motifs is 1. The Morgan fingerprint density at radius 1 is 1.00 bits per heavy atom. The Morgan fingerprint density at radius 2 is 1.69 bits per heavy atom. The van der Waals surface area contributed by atoms with Gasteiger partial charge >= 0.3 is 5.97 Å². The molecule has 0 amide bonds. The monoisotopic (exact) mass is 383 g/mol. The number of aromatic nitrogens is 1. The zero-order valence-corrected chi connectivity index (χ0v) is 15.6. The van der Waals surface area contributed by atoms with E-state index in [0.717, 1.165) is 16.5 Å². The first-order valence-electron chi connectivity index (χ1n) is 8.87. The SMILES string of the molecule is COC(=O)c1c(N)c(C#N)cn1-c1ccc(Oc2ccc3ccccc3c2)cc1. The van der Waals surface area contributed by atoms with E-state index in [1.807, 2.05) is 48.5 Å². The van der Waals surface area contributed by atoms with Crippen LogP contribution in [0.3, 0.4) is 0 Å². The third kappa shape index (κ3) is 3.37. The maximum Gasteiger partial charge on any atom is 0.357 e. The summed E-state index contributed by atoms with van der Waals surface area (Å²) in [5, 5.41) is 11.5. The van der Waals surface area contributed by atoms with Crippen LogP contribution >= 0.6 is 0 Å². The van der Waals surface area contributed by atoms with E-state index in [0.29, 0.717) is 11.4 Å². The first-order valence-corrected chi connectivity index (χ1v) is 8.87. The van der Waals surface area contributed by atoms with E-state index in [1.54, 1.807) is 28.8 Å². The molecule has 1 heterocycles. The standard InChI is InChI=1S/C23H17N3O3/c1-28-23(27)22-21(25)17(13-24)14-26(22)18-7-10-19(11-8-18)29-20-9-6-15-4-2-3-5-16(15)12-20/h2-12,14H,25H2,1H3. The largest absolute Gasteiger partial charge is 0.464 e. The second kappa shape index (κ2) is 7.41. The predicted molar refractivity (Wildman–Crippen MR) is 110 cm³/mol. The van der Waals surface area contributed by atoms with Gasteiger partial charge in [0.1, 0.15) is 17.6 Å². The number of carbonyl (C=O) groups excluding carboxylic acids is 1. The molecule has 0 spiro atoms. The van der Waals surface area contributed by atoms with Crippen LogP contribution in [0.4, 0.5) is 5.69 Å². The van der Waals surface area contributed by atoms with Gasteiger partial charge in [-0.15, -0.1) is 0 Å². The van der Waals surface area contributed by atoms with Crippen LogP contribution < -0.4 is 10.5 Å². The van der Waals surface area contributed by atoms with Crippen LogP contribution in [-0.4, -0.2) is 17.6 Å². The van der Waals surface area contributed by atoms with Crippen LogP contribution in [0.25, 0.3) is 16.5 Å². The van der Waals surface area contributed by atoms with Gasteiger partial charge in [0.2, 0.25) is 0 Å². The molecule has 4 rings (SSSR count). The van der Waals surface area contributed by atoms with Gasteiger partial charge in [0, 0.05) is 11.9 Å². The van der Waals surface area contributed by atoms with Crippen LogP contribution in [0.1, 0.15) is 16.1 Å². The lowest BCUT2D eigenvalue weighted by Gasteiger charge is -2.10. The summed E-state index contributed by atoms with van der Waals surface area (Å²) in [6, 6.07) is 23.1. The van der Waals surface area contributed by atoms with Crippen molar-refractivity contribution in [2.24, 2.45) is 0 Å². The normalized spacial score (nSPS) is 10.5. The Balaban J connectivity index is 1.64. The number of anilines is 1. The van der Waals surface area contributed by atoms with Gasteiger partial charge in [0.15, 0.2) is 5.69 Å². The number of nitrogens with two attached hydrogens (primary N) is 1. The highest BCUT2D eigenvalue weighted by molar-refractivity contribution is 5.96. The van der Waals surface area contributed by atoms with Gasteiger partial charge in [-0.3, -0.25) is 0 Å². The van der Waals surface area contributed by atoms with E-state index in [-0.39, 0.29) is 16.9 Å². The van der Waals surface area contributed by atoms with Gasteiger partial charge in [0.05, 0.1) is 18.4 Å². The second-order valence-corrected chi connectivity index (χ2v) is 6.38. The van der Waals surface area contributed by atoms with E-state index in [4.69, 9.17) is 15.2 Å². The third-order valence-electron chi connectivity index (χ3n) is 4.62. The molecule has 2 N–H and O–H groups in total. The molecule has 3 aromatic carbocycles. The molecular formula is C23H17N3O3. The summed E-state index contributed by atoms with van der Waals surface area (Å²) >= 11 is 0. The van der Waals surface area contributed by atoms with E-state index >= 15 is 0 Å². The number of methoxy groups -OCH3 is 1. The molecule has 0 bridgehead atoms. The minimum absolute atomic E-state index is 0.0934. The Labute approximate surface area is 167 Å². The Kier molecular flexibility index (Phi) is 4.63. The number of nitriles is 1. The zero-order valence-electron chi connectivity index (χ0n) is 15.6. The molecule has 29 heavy (non-hydrogen) atoms. The van der Waals surface area contributed by atoms with Crippen molar-refractivity contribution in [1.29, 1.82) is 5.26 Å². The lowest BCUT2D eigenvalue weighted by molar-refractivity contribution is 0.0593. The fourth-order valence-electron chi connectivity index (χ4n) is 3.16. The first kappa shape index (κ1) is 18.1. The van der Waals surface area contributed by atoms with Crippen molar-refractivity contribution in [3.8, 4) is 23.3 Å². The average molecular weight is 383 g/mol. The van der Waals surface area contributed by atoms with Crippen LogP contribution in [0.15, 0.2) is 72.9 Å². The molecule has 142 valence electrons. The Morgan fingerprint density at radius 3 is 2.38 bits per heavy atom. The van der Waals surface area contributed by atoms with Gasteiger partial charge in [-0.1, -0.05) is 30.3 Å². The minimum Gasteiger partial charge on any atom is -0.464 e. The highest BCUT2D eigenvalue weighted by Crippen LogP contribution is 2.28. The smallest absolute Gasteiger partial charge is 0.357 e. The van der Waals surface area contributed by atoms with Gasteiger partial charge < -0.3 is 19.8 Å². The summed E-state index contributed by atoms with van der Waals surface area (Å²) in [4.78, 5) is 12.1. The maximum atomic E-state index is 12.1. The average Bonchev–Trinajstić information content (AvgIpc) is 3.10. The maximum absolute atomic E-state index is 12.1. The fourth-order valence-corrected chi connectivity index (χ4v) is 3.16. The Hall–Kier alpha value is -4.24. The highest BCUT2D eigenvalue weighted by atomic mass is 16.5. The van der Waals surface area contributed by atoms with E-state index in [9.17, 15) is 10.1 Å². The number of hydrogen-bond donors (Lipinski definition) is 1. The number of rotatable bonds is 4. The van der Waals surface area contributed by atoms with Gasteiger partial charge in [-0.25, -0.2) is 4.79 Å². The molecule has 0 atom stereocenters. The fraction of sp³-hybridized carbons (Fsp3) is 0.0435. The minimum atomic E-state index is -0.611. The quantitative estimate of drug-likeness (QED) is 0.518. The van der Waals surface area contributed by atoms with Gasteiger partial charge in [-0.05, 0) is 47.2 Å². The van der Waals surface area contributed by atoms with Crippen molar-refractivity contribution >= 4 is 22.4 Å². The van der Waals surface area contributed by atoms with Crippen molar-refractivity contribution in [2.75, 3.05) is 12.8 Å². The molecular weight excluding hydrogens is 366 g/mol. The molecule has 1 aromatic heterocycles. The topological polar surface area (TPSA) is 90.3 Å². The number of esters is 1. The lowest BCUT2D eigenvalue weighted by atomic mass is 10.1. The summed E-state index contributed by atoms with van der Waals surface area (Å²) in [5.41, 5.74) is 7.02.